The van der Waals surface area contributed by atoms with Gasteiger partial charge in [0.25, 0.3) is 0 Å². The van der Waals surface area contributed by atoms with E-state index in [0.717, 1.165) is 5.56 Å². The number of aliphatic hydroxyl groups is 1. The van der Waals surface area contributed by atoms with E-state index in [0.29, 0.717) is 6.61 Å². The molecule has 2 unspecified atom stereocenters. The molecule has 1 aromatic rings. The van der Waals surface area contributed by atoms with Crippen molar-refractivity contribution in [1.82, 2.24) is 10.6 Å². The summed E-state index contributed by atoms with van der Waals surface area (Å²) >= 11 is 0. The molecule has 0 bridgehead atoms. The van der Waals surface area contributed by atoms with E-state index in [9.17, 15) is 9.59 Å². The molecule has 0 radical (unpaired) electrons. The Kier molecular flexibility index (Phi) is 12.1. The van der Waals surface area contributed by atoms with Crippen molar-refractivity contribution in [2.24, 2.45) is 0 Å². The second-order valence-corrected chi connectivity index (χ2v) is 4.24. The zero-order valence-corrected chi connectivity index (χ0v) is 15.5. The van der Waals surface area contributed by atoms with Crippen molar-refractivity contribution < 1.29 is 70.8 Å². The molecule has 0 heterocycles. The summed E-state index contributed by atoms with van der Waals surface area (Å²) in [6.45, 7) is 1.99. The van der Waals surface area contributed by atoms with Gasteiger partial charge in [-0.15, -0.1) is 0 Å². The average molecular weight is 318 g/mol. The first kappa shape index (κ1) is 20.7. The molecular weight excluding hydrogens is 299 g/mol. The molecule has 0 fully saturated rings. The molecule has 0 aromatic heterocycles. The number of rotatable bonds is 9. The number of aliphatic hydroxyl groups excluding tert-OH is 1. The van der Waals surface area contributed by atoms with E-state index in [4.69, 9.17) is 9.84 Å². The van der Waals surface area contributed by atoms with Gasteiger partial charge in [-0.05, 0) is 12.5 Å². The van der Waals surface area contributed by atoms with Crippen molar-refractivity contribution >= 4 is 12.3 Å². The number of carbonyl (C=O) groups excluding carboxylic acids is 2. The normalized spacial score (nSPS) is 12.7. The van der Waals surface area contributed by atoms with Crippen LogP contribution >= 0.6 is 0 Å². The largest absolute Gasteiger partial charge is 1.00 e. The summed E-state index contributed by atoms with van der Waals surface area (Å²) in [5, 5.41) is 13.5. The number of amides is 2. The van der Waals surface area contributed by atoms with Crippen LogP contribution in [0.1, 0.15) is 12.5 Å². The number of hydrogen-bond acceptors (Lipinski definition) is 4. The number of ether oxygens (including phenoxy) is 1. The van der Waals surface area contributed by atoms with Gasteiger partial charge in [-0.2, -0.15) is 6.41 Å². The summed E-state index contributed by atoms with van der Waals surface area (Å²) in [6, 6.07) is 8.67. The van der Waals surface area contributed by atoms with Crippen LogP contribution < -0.4 is 62.0 Å². The van der Waals surface area contributed by atoms with Crippen LogP contribution in [0.4, 0.5) is 0 Å². The predicted molar refractivity (Wildman–Crippen MR) is 73.4 cm³/mol. The van der Waals surface area contributed by atoms with Crippen molar-refractivity contribution in [3.63, 3.8) is 0 Å². The van der Waals surface area contributed by atoms with Crippen molar-refractivity contribution in [2.45, 2.75) is 25.7 Å². The number of nitrogens with one attached hydrogen (secondary N) is 2. The van der Waals surface area contributed by atoms with Gasteiger partial charge in [-0.25, -0.2) is 0 Å². The third-order valence-electron chi connectivity index (χ3n) is 2.73. The second kappa shape index (κ2) is 12.3. The zero-order chi connectivity index (χ0) is 14.8. The summed E-state index contributed by atoms with van der Waals surface area (Å²) in [7, 11) is 0. The molecule has 0 spiro atoms. The standard InChI is InChI=1S/C14H19N2O4.K/c1-11(20-9-12-5-3-2-4-6-12)13(16-10-18)14(19)15-7-8-17;/h2-6,11,13,17H,7-9H2,1H3,(H,15,19)(H,16,18);/q-1;+1. The molecule has 0 saturated heterocycles. The zero-order valence-electron chi connectivity index (χ0n) is 12.3. The molecule has 1 aromatic carbocycles. The summed E-state index contributed by atoms with van der Waals surface area (Å²) in [6.07, 6.45) is 0.983. The molecule has 6 nitrogen and oxygen atoms in total. The minimum atomic E-state index is -0.845. The van der Waals surface area contributed by atoms with Crippen LogP contribution in [0.15, 0.2) is 30.3 Å². The maximum absolute atomic E-state index is 11.8. The van der Waals surface area contributed by atoms with E-state index in [1.165, 1.54) is 6.41 Å². The van der Waals surface area contributed by atoms with Crippen molar-refractivity contribution in [1.29, 1.82) is 0 Å². The van der Waals surface area contributed by atoms with Gasteiger partial charge in [0.2, 0.25) is 5.91 Å². The maximum atomic E-state index is 11.8. The molecule has 0 saturated carbocycles. The van der Waals surface area contributed by atoms with Gasteiger partial charge in [0.05, 0.1) is 19.3 Å². The van der Waals surface area contributed by atoms with E-state index in [2.05, 4.69) is 10.6 Å². The summed E-state index contributed by atoms with van der Waals surface area (Å²) in [5.74, 6) is -0.414. The molecule has 0 aliphatic carbocycles. The molecule has 110 valence electrons. The Morgan fingerprint density at radius 1 is 1.38 bits per heavy atom. The smallest absolute Gasteiger partial charge is 0.520 e. The van der Waals surface area contributed by atoms with Crippen LogP contribution in [0.25, 0.3) is 0 Å². The van der Waals surface area contributed by atoms with Crippen LogP contribution in [0.3, 0.4) is 0 Å². The molecule has 21 heavy (non-hydrogen) atoms. The first-order valence-corrected chi connectivity index (χ1v) is 6.35. The van der Waals surface area contributed by atoms with Crippen LogP contribution in [-0.2, 0) is 20.9 Å². The second-order valence-electron chi connectivity index (χ2n) is 4.24. The van der Waals surface area contributed by atoms with E-state index < -0.39 is 18.1 Å². The predicted octanol–water partition coefficient (Wildman–Crippen LogP) is -3.27. The molecular formula is C14H19KN2O4. The van der Waals surface area contributed by atoms with Gasteiger partial charge < -0.3 is 25.3 Å². The fraction of sp³-hybridized carbons (Fsp3) is 0.429. The minimum Gasteiger partial charge on any atom is -0.520 e. The van der Waals surface area contributed by atoms with Crippen LogP contribution in [-0.4, -0.2) is 42.7 Å². The maximum Gasteiger partial charge on any atom is 1.00 e. The number of benzene rings is 1. The van der Waals surface area contributed by atoms with Crippen molar-refractivity contribution in [3.8, 4) is 0 Å². The third kappa shape index (κ3) is 8.06. The first-order chi connectivity index (χ1) is 9.69. The Hall–Kier alpha value is -0.284. The summed E-state index contributed by atoms with van der Waals surface area (Å²) in [4.78, 5) is 22.3. The summed E-state index contributed by atoms with van der Waals surface area (Å²) in [5.41, 5.74) is 0.976. The van der Waals surface area contributed by atoms with Gasteiger partial charge in [0.15, 0.2) is 0 Å². The Balaban J connectivity index is 0.00000400. The van der Waals surface area contributed by atoms with Gasteiger partial charge >= 0.3 is 51.4 Å². The Morgan fingerprint density at radius 2 is 2.05 bits per heavy atom. The van der Waals surface area contributed by atoms with E-state index >= 15 is 0 Å². The average Bonchev–Trinajstić information content (AvgIpc) is 2.49. The van der Waals surface area contributed by atoms with Crippen LogP contribution in [0, 0.1) is 0 Å². The SMILES string of the molecule is CC(OCc1ccccc1)C(N[C-]=O)C(=O)NCCO.[K+]. The monoisotopic (exact) mass is 318 g/mol. The van der Waals surface area contributed by atoms with Gasteiger partial charge in [-0.1, -0.05) is 30.3 Å². The molecule has 0 aliphatic heterocycles. The molecule has 7 heteroatoms. The fourth-order valence-corrected chi connectivity index (χ4v) is 1.65. The number of hydrogen-bond donors (Lipinski definition) is 3. The third-order valence-corrected chi connectivity index (χ3v) is 2.73. The van der Waals surface area contributed by atoms with Gasteiger partial charge in [-0.3, -0.25) is 4.79 Å². The van der Waals surface area contributed by atoms with E-state index in [1.807, 2.05) is 30.3 Å². The van der Waals surface area contributed by atoms with Crippen molar-refractivity contribution in [3.05, 3.63) is 35.9 Å². The Labute approximate surface area is 167 Å². The Bertz CT molecular complexity index is 417. The fourth-order valence-electron chi connectivity index (χ4n) is 1.65. The topological polar surface area (TPSA) is 87.7 Å². The van der Waals surface area contributed by atoms with Crippen LogP contribution in [0.5, 0.6) is 0 Å². The number of carbonyl (C=O) groups is 1. The van der Waals surface area contributed by atoms with Crippen LogP contribution in [0.2, 0.25) is 0 Å². The minimum absolute atomic E-state index is 0. The van der Waals surface area contributed by atoms with E-state index in [1.54, 1.807) is 6.92 Å². The van der Waals surface area contributed by atoms with Crippen molar-refractivity contribution in [2.75, 3.05) is 13.2 Å². The van der Waals surface area contributed by atoms with E-state index in [-0.39, 0.29) is 64.5 Å². The van der Waals surface area contributed by atoms with Gasteiger partial charge in [0, 0.05) is 6.54 Å². The molecule has 2 amide bonds. The molecule has 2 atom stereocenters. The summed E-state index contributed by atoms with van der Waals surface area (Å²) < 4.78 is 5.58. The van der Waals surface area contributed by atoms with Gasteiger partial charge in [0.1, 0.15) is 6.04 Å². The molecule has 0 aliphatic rings. The Morgan fingerprint density at radius 3 is 2.62 bits per heavy atom. The molecule has 3 N–H and O–H groups in total. The molecule has 1 rings (SSSR count). The first-order valence-electron chi connectivity index (χ1n) is 6.35. The quantitative estimate of drug-likeness (QED) is 0.253.